The van der Waals surface area contributed by atoms with Crippen LogP contribution in [0.5, 0.6) is 5.75 Å². The lowest BCUT2D eigenvalue weighted by molar-refractivity contribution is 0.102. The Morgan fingerprint density at radius 2 is 1.80 bits per heavy atom. The van der Waals surface area contributed by atoms with Crippen LogP contribution in [-0.2, 0) is 6.42 Å². The first kappa shape index (κ1) is 17.2. The summed E-state index contributed by atoms with van der Waals surface area (Å²) in [5, 5.41) is 3.51. The third kappa shape index (κ3) is 3.88. The Hall–Kier alpha value is -2.66. The highest BCUT2D eigenvalue weighted by atomic mass is 32.1. The van der Waals surface area contributed by atoms with Gasteiger partial charge >= 0.3 is 0 Å². The number of hydrogen-bond acceptors (Lipinski definition) is 4. The average molecular weight is 352 g/mol. The maximum atomic E-state index is 12.6. The fourth-order valence-corrected chi connectivity index (χ4v) is 3.48. The molecular weight excluding hydrogens is 332 g/mol. The number of nitrogens with zero attached hydrogens (tertiary/aromatic N) is 1. The van der Waals surface area contributed by atoms with Gasteiger partial charge in [0.1, 0.15) is 5.75 Å². The number of aromatic nitrogens is 1. The van der Waals surface area contributed by atoms with Crippen LogP contribution in [0.3, 0.4) is 0 Å². The standard InChI is InChI=1S/C20H20N2O2S/c1-3-17-18(14-10-6-5-7-11-14)21-20(25-17)22-19(23)15-12-8-9-13-16(15)24-4-2/h5-13H,3-4H2,1-2H3,(H,21,22,23). The molecular formula is C20H20N2O2S. The topological polar surface area (TPSA) is 51.2 Å². The average Bonchev–Trinajstić information content (AvgIpc) is 3.06. The van der Waals surface area contributed by atoms with Crippen molar-refractivity contribution in [2.75, 3.05) is 11.9 Å². The highest BCUT2D eigenvalue weighted by Gasteiger charge is 2.16. The Morgan fingerprint density at radius 3 is 2.52 bits per heavy atom. The van der Waals surface area contributed by atoms with Gasteiger partial charge in [0.2, 0.25) is 0 Å². The number of ether oxygens (including phenoxy) is 1. The number of amides is 1. The summed E-state index contributed by atoms with van der Waals surface area (Å²) in [6, 6.07) is 17.3. The molecule has 2 aromatic carbocycles. The second-order valence-corrected chi connectivity index (χ2v) is 6.48. The van der Waals surface area contributed by atoms with E-state index in [1.165, 1.54) is 11.3 Å². The minimum absolute atomic E-state index is 0.208. The van der Waals surface area contributed by atoms with Gasteiger partial charge in [-0.05, 0) is 25.5 Å². The van der Waals surface area contributed by atoms with Crippen molar-refractivity contribution in [3.8, 4) is 17.0 Å². The largest absolute Gasteiger partial charge is 0.493 e. The number of thiazole rings is 1. The highest BCUT2D eigenvalue weighted by molar-refractivity contribution is 7.16. The van der Waals surface area contributed by atoms with Crippen LogP contribution in [0.1, 0.15) is 29.1 Å². The van der Waals surface area contributed by atoms with Gasteiger partial charge in [-0.2, -0.15) is 0 Å². The van der Waals surface area contributed by atoms with E-state index < -0.39 is 0 Å². The van der Waals surface area contributed by atoms with Gasteiger partial charge < -0.3 is 4.74 Å². The summed E-state index contributed by atoms with van der Waals surface area (Å²) in [5.41, 5.74) is 2.51. The van der Waals surface area contributed by atoms with Crippen LogP contribution in [0, 0.1) is 0 Å². The molecule has 0 fully saturated rings. The summed E-state index contributed by atoms with van der Waals surface area (Å²) in [4.78, 5) is 18.4. The van der Waals surface area contributed by atoms with Gasteiger partial charge in [-0.25, -0.2) is 4.98 Å². The molecule has 0 bridgehead atoms. The first-order valence-electron chi connectivity index (χ1n) is 8.31. The molecule has 1 amide bonds. The zero-order valence-electron chi connectivity index (χ0n) is 14.3. The van der Waals surface area contributed by atoms with E-state index in [0.29, 0.717) is 23.1 Å². The molecule has 5 heteroatoms. The SMILES string of the molecule is CCOc1ccccc1C(=O)Nc1nc(-c2ccccc2)c(CC)s1. The zero-order valence-corrected chi connectivity index (χ0v) is 15.1. The lowest BCUT2D eigenvalue weighted by Crippen LogP contribution is -2.13. The third-order valence-electron chi connectivity index (χ3n) is 3.72. The molecule has 0 unspecified atom stereocenters. The van der Waals surface area contributed by atoms with Crippen molar-refractivity contribution < 1.29 is 9.53 Å². The number of nitrogens with one attached hydrogen (secondary N) is 1. The van der Waals surface area contributed by atoms with Crippen LogP contribution in [0.15, 0.2) is 54.6 Å². The fourth-order valence-electron chi connectivity index (χ4n) is 2.57. The van der Waals surface area contributed by atoms with E-state index in [4.69, 9.17) is 4.74 Å². The van der Waals surface area contributed by atoms with Gasteiger partial charge in [0, 0.05) is 10.4 Å². The zero-order chi connectivity index (χ0) is 17.6. The van der Waals surface area contributed by atoms with Crippen molar-refractivity contribution in [3.63, 3.8) is 0 Å². The Balaban J connectivity index is 1.87. The fraction of sp³-hybridized carbons (Fsp3) is 0.200. The predicted octanol–water partition coefficient (Wildman–Crippen LogP) is 5.02. The third-order valence-corrected chi connectivity index (χ3v) is 4.83. The van der Waals surface area contributed by atoms with Gasteiger partial charge in [0.25, 0.3) is 5.91 Å². The normalized spacial score (nSPS) is 10.5. The van der Waals surface area contributed by atoms with E-state index in [1.54, 1.807) is 12.1 Å². The van der Waals surface area contributed by atoms with Gasteiger partial charge in [-0.1, -0.05) is 49.4 Å². The lowest BCUT2D eigenvalue weighted by atomic mass is 10.1. The molecule has 0 spiro atoms. The summed E-state index contributed by atoms with van der Waals surface area (Å²) in [6.45, 7) is 4.50. The number of para-hydroxylation sites is 1. The molecule has 1 N–H and O–H groups in total. The molecule has 128 valence electrons. The number of anilines is 1. The van der Waals surface area contributed by atoms with Gasteiger partial charge in [0.05, 0.1) is 17.9 Å². The van der Waals surface area contributed by atoms with Gasteiger partial charge in [-0.3, -0.25) is 10.1 Å². The summed E-state index contributed by atoms with van der Waals surface area (Å²) < 4.78 is 5.54. The second-order valence-electron chi connectivity index (χ2n) is 5.39. The Kier molecular flexibility index (Phi) is 5.46. The molecule has 0 saturated carbocycles. The summed E-state index contributed by atoms with van der Waals surface area (Å²) in [6.07, 6.45) is 0.868. The molecule has 3 aromatic rings. The van der Waals surface area contributed by atoms with Gasteiger partial charge in [-0.15, -0.1) is 11.3 Å². The second kappa shape index (κ2) is 7.94. The predicted molar refractivity (Wildman–Crippen MR) is 102 cm³/mol. The van der Waals surface area contributed by atoms with E-state index in [1.807, 2.05) is 49.4 Å². The first-order chi connectivity index (χ1) is 12.2. The number of benzene rings is 2. The van der Waals surface area contributed by atoms with Crippen LogP contribution in [0.25, 0.3) is 11.3 Å². The van der Waals surface area contributed by atoms with Crippen LogP contribution in [0.2, 0.25) is 0 Å². The number of rotatable bonds is 6. The molecule has 0 saturated heterocycles. The molecule has 0 atom stereocenters. The van der Waals surface area contributed by atoms with Crippen LogP contribution in [-0.4, -0.2) is 17.5 Å². The molecule has 0 aliphatic rings. The van der Waals surface area contributed by atoms with E-state index in [-0.39, 0.29) is 5.91 Å². The summed E-state index contributed by atoms with van der Waals surface area (Å²) in [5.74, 6) is 0.373. The molecule has 1 aromatic heterocycles. The first-order valence-corrected chi connectivity index (χ1v) is 9.12. The molecule has 0 radical (unpaired) electrons. The summed E-state index contributed by atoms with van der Waals surface area (Å²) >= 11 is 1.51. The van der Waals surface area contributed by atoms with Crippen molar-refractivity contribution in [1.82, 2.24) is 4.98 Å². The number of aryl methyl sites for hydroxylation is 1. The number of hydrogen-bond donors (Lipinski definition) is 1. The van der Waals surface area contributed by atoms with Crippen LogP contribution in [0.4, 0.5) is 5.13 Å². The number of carbonyl (C=O) groups excluding carboxylic acids is 1. The summed E-state index contributed by atoms with van der Waals surface area (Å²) in [7, 11) is 0. The quantitative estimate of drug-likeness (QED) is 0.677. The van der Waals surface area contributed by atoms with Gasteiger partial charge in [0.15, 0.2) is 5.13 Å². The smallest absolute Gasteiger partial charge is 0.261 e. The van der Waals surface area contributed by atoms with E-state index in [2.05, 4.69) is 17.2 Å². The molecule has 25 heavy (non-hydrogen) atoms. The van der Waals surface area contributed by atoms with E-state index in [0.717, 1.165) is 22.6 Å². The van der Waals surface area contributed by atoms with E-state index in [9.17, 15) is 4.79 Å². The molecule has 0 aliphatic carbocycles. The number of carbonyl (C=O) groups is 1. The Morgan fingerprint density at radius 1 is 1.08 bits per heavy atom. The molecule has 1 heterocycles. The minimum Gasteiger partial charge on any atom is -0.493 e. The lowest BCUT2D eigenvalue weighted by Gasteiger charge is -2.08. The van der Waals surface area contributed by atoms with Crippen molar-refractivity contribution >= 4 is 22.4 Å². The van der Waals surface area contributed by atoms with Crippen molar-refractivity contribution in [1.29, 1.82) is 0 Å². The minimum atomic E-state index is -0.208. The van der Waals surface area contributed by atoms with Crippen LogP contribution >= 0.6 is 11.3 Å². The van der Waals surface area contributed by atoms with Crippen molar-refractivity contribution in [2.45, 2.75) is 20.3 Å². The van der Waals surface area contributed by atoms with Crippen molar-refractivity contribution in [3.05, 3.63) is 65.0 Å². The maximum Gasteiger partial charge on any atom is 0.261 e. The Labute approximate surface area is 151 Å². The monoisotopic (exact) mass is 352 g/mol. The molecule has 0 aliphatic heterocycles. The molecule has 3 rings (SSSR count). The molecule has 4 nitrogen and oxygen atoms in total. The highest BCUT2D eigenvalue weighted by Crippen LogP contribution is 2.32. The van der Waals surface area contributed by atoms with E-state index >= 15 is 0 Å². The van der Waals surface area contributed by atoms with Crippen LogP contribution < -0.4 is 10.1 Å². The maximum absolute atomic E-state index is 12.6. The van der Waals surface area contributed by atoms with Crippen molar-refractivity contribution in [2.24, 2.45) is 0 Å². The Bertz CT molecular complexity index is 859.